The Morgan fingerprint density at radius 2 is 2.29 bits per heavy atom. The van der Waals surface area contributed by atoms with E-state index in [0.717, 1.165) is 35.4 Å². The molecule has 112 valence electrons. The first kappa shape index (κ1) is 14.6. The van der Waals surface area contributed by atoms with Gasteiger partial charge in [0.25, 0.3) is 0 Å². The minimum atomic E-state index is 0.0401. The Balaban J connectivity index is 1.96. The largest absolute Gasteiger partial charge is 0.484 e. The van der Waals surface area contributed by atoms with Crippen molar-refractivity contribution < 1.29 is 4.74 Å². The Morgan fingerprint density at radius 1 is 1.43 bits per heavy atom. The molecule has 2 unspecified atom stereocenters. The molecule has 0 bridgehead atoms. The summed E-state index contributed by atoms with van der Waals surface area (Å²) >= 11 is 3.53. The number of halogens is 1. The predicted molar refractivity (Wildman–Crippen MR) is 86.4 cm³/mol. The van der Waals surface area contributed by atoms with Gasteiger partial charge in [0.05, 0.1) is 18.2 Å². The molecule has 1 aromatic heterocycles. The molecule has 2 aromatic rings. The van der Waals surface area contributed by atoms with Gasteiger partial charge in [0.1, 0.15) is 11.9 Å². The molecule has 4 nitrogen and oxygen atoms in total. The molecule has 2 heterocycles. The molecule has 2 atom stereocenters. The fraction of sp³-hybridized carbons (Fsp3) is 0.438. The number of hydrogen-bond donors (Lipinski definition) is 1. The molecule has 0 radical (unpaired) electrons. The molecule has 0 saturated carbocycles. The van der Waals surface area contributed by atoms with Gasteiger partial charge in [0.15, 0.2) is 0 Å². The normalized spacial score (nSPS) is 20.9. The Morgan fingerprint density at radius 3 is 3.05 bits per heavy atom. The molecule has 5 heteroatoms. The highest BCUT2D eigenvalue weighted by Gasteiger charge is 2.30. The molecule has 21 heavy (non-hydrogen) atoms. The van der Waals surface area contributed by atoms with Gasteiger partial charge in [-0.2, -0.15) is 0 Å². The summed E-state index contributed by atoms with van der Waals surface area (Å²) in [5, 5.41) is 3.56. The lowest BCUT2D eigenvalue weighted by molar-refractivity contribution is 0.144. The van der Waals surface area contributed by atoms with E-state index in [1.807, 2.05) is 12.5 Å². The van der Waals surface area contributed by atoms with E-state index in [0.29, 0.717) is 6.04 Å². The van der Waals surface area contributed by atoms with Crippen molar-refractivity contribution in [3.8, 4) is 5.75 Å². The Kier molecular flexibility index (Phi) is 4.31. The van der Waals surface area contributed by atoms with Crippen LogP contribution in [0.3, 0.4) is 0 Å². The third-order valence-corrected chi connectivity index (χ3v) is 4.43. The van der Waals surface area contributed by atoms with Gasteiger partial charge in [-0.25, -0.2) is 4.98 Å². The summed E-state index contributed by atoms with van der Waals surface area (Å²) < 4.78 is 9.44. The number of nitrogens with one attached hydrogen (secondary N) is 1. The van der Waals surface area contributed by atoms with E-state index in [-0.39, 0.29) is 6.10 Å². The van der Waals surface area contributed by atoms with Crippen molar-refractivity contribution in [2.45, 2.75) is 39.0 Å². The van der Waals surface area contributed by atoms with E-state index >= 15 is 0 Å². The lowest BCUT2D eigenvalue weighted by Crippen LogP contribution is -2.29. The van der Waals surface area contributed by atoms with Crippen molar-refractivity contribution in [3.05, 3.63) is 46.5 Å². The van der Waals surface area contributed by atoms with Crippen LogP contribution >= 0.6 is 15.9 Å². The fourth-order valence-corrected chi connectivity index (χ4v) is 3.26. The summed E-state index contributed by atoms with van der Waals surface area (Å²) in [5.41, 5.74) is 2.38. The number of imidazole rings is 1. The van der Waals surface area contributed by atoms with Crippen LogP contribution in [0.5, 0.6) is 5.75 Å². The molecule has 0 spiro atoms. The van der Waals surface area contributed by atoms with E-state index in [9.17, 15) is 0 Å². The van der Waals surface area contributed by atoms with Crippen LogP contribution in [-0.2, 0) is 6.54 Å². The second kappa shape index (κ2) is 6.20. The molecule has 1 aliphatic heterocycles. The van der Waals surface area contributed by atoms with Crippen LogP contribution in [0, 0.1) is 0 Å². The van der Waals surface area contributed by atoms with Crippen molar-refractivity contribution >= 4 is 15.9 Å². The molecule has 1 N–H and O–H groups in total. The number of hydrogen-bond acceptors (Lipinski definition) is 3. The van der Waals surface area contributed by atoms with Crippen molar-refractivity contribution in [1.82, 2.24) is 14.9 Å². The minimum absolute atomic E-state index is 0.0401. The second-order valence-electron chi connectivity index (χ2n) is 5.24. The lowest BCUT2D eigenvalue weighted by atomic mass is 9.95. The molecule has 0 fully saturated rings. The van der Waals surface area contributed by atoms with Crippen molar-refractivity contribution in [3.63, 3.8) is 0 Å². The van der Waals surface area contributed by atoms with Crippen LogP contribution in [0.2, 0.25) is 0 Å². The van der Waals surface area contributed by atoms with Gasteiger partial charge < -0.3 is 14.6 Å². The van der Waals surface area contributed by atoms with Crippen LogP contribution in [0.1, 0.15) is 43.7 Å². The average molecular weight is 350 g/mol. The van der Waals surface area contributed by atoms with Crippen molar-refractivity contribution in [2.24, 2.45) is 0 Å². The zero-order chi connectivity index (χ0) is 14.8. The van der Waals surface area contributed by atoms with E-state index < -0.39 is 0 Å². The quantitative estimate of drug-likeness (QED) is 0.911. The van der Waals surface area contributed by atoms with Gasteiger partial charge in [0, 0.05) is 29.0 Å². The third kappa shape index (κ3) is 2.85. The molecule has 1 aromatic carbocycles. The SMILES string of the molecule is CCNC1CC(c2cncn2CC)Oc2cc(Br)ccc21. The molecule has 0 amide bonds. The highest BCUT2D eigenvalue weighted by molar-refractivity contribution is 9.10. The standard InChI is InChI=1S/C16H20BrN3O/c1-3-19-13-8-16(14-9-18-10-20(14)4-2)21-15-7-11(17)5-6-12(13)15/h5-7,9-10,13,16,19H,3-4,8H2,1-2H3. The zero-order valence-corrected chi connectivity index (χ0v) is 13.9. The van der Waals surface area contributed by atoms with Gasteiger partial charge in [-0.1, -0.05) is 28.9 Å². The summed E-state index contributed by atoms with van der Waals surface area (Å²) in [6, 6.07) is 6.58. The highest BCUT2D eigenvalue weighted by Crippen LogP contribution is 2.41. The van der Waals surface area contributed by atoms with E-state index in [1.54, 1.807) is 0 Å². The summed E-state index contributed by atoms with van der Waals surface area (Å²) in [7, 11) is 0. The fourth-order valence-electron chi connectivity index (χ4n) is 2.92. The first-order chi connectivity index (χ1) is 10.2. The maximum absolute atomic E-state index is 6.25. The summed E-state index contributed by atoms with van der Waals surface area (Å²) in [6.45, 7) is 6.12. The zero-order valence-electron chi connectivity index (χ0n) is 12.3. The number of nitrogens with zero attached hydrogens (tertiary/aromatic N) is 2. The summed E-state index contributed by atoms with van der Waals surface area (Å²) in [5.74, 6) is 0.954. The summed E-state index contributed by atoms with van der Waals surface area (Å²) in [6.07, 6.45) is 4.75. The Bertz CT molecular complexity index is 626. The van der Waals surface area contributed by atoms with Crippen LogP contribution < -0.4 is 10.1 Å². The number of ether oxygens (including phenoxy) is 1. The predicted octanol–water partition coefficient (Wildman–Crippen LogP) is 3.84. The molecule has 1 aliphatic rings. The topological polar surface area (TPSA) is 39.1 Å². The maximum atomic E-state index is 6.25. The van der Waals surface area contributed by atoms with Gasteiger partial charge in [-0.05, 0) is 25.6 Å². The molecular weight excluding hydrogens is 330 g/mol. The smallest absolute Gasteiger partial charge is 0.142 e. The summed E-state index contributed by atoms with van der Waals surface area (Å²) in [4.78, 5) is 4.27. The maximum Gasteiger partial charge on any atom is 0.142 e. The lowest BCUT2D eigenvalue weighted by Gasteiger charge is -2.33. The van der Waals surface area contributed by atoms with Gasteiger partial charge >= 0.3 is 0 Å². The van der Waals surface area contributed by atoms with Crippen molar-refractivity contribution in [1.29, 1.82) is 0 Å². The van der Waals surface area contributed by atoms with Crippen LogP contribution in [0.25, 0.3) is 0 Å². The first-order valence-electron chi connectivity index (χ1n) is 7.42. The second-order valence-corrected chi connectivity index (χ2v) is 6.15. The minimum Gasteiger partial charge on any atom is -0.484 e. The number of aromatic nitrogens is 2. The Hall–Kier alpha value is -1.33. The molecular formula is C16H20BrN3O. The van der Waals surface area contributed by atoms with Gasteiger partial charge in [-0.3, -0.25) is 0 Å². The number of benzene rings is 1. The van der Waals surface area contributed by atoms with Crippen LogP contribution in [0.4, 0.5) is 0 Å². The highest BCUT2D eigenvalue weighted by atomic mass is 79.9. The van der Waals surface area contributed by atoms with E-state index in [4.69, 9.17) is 4.74 Å². The van der Waals surface area contributed by atoms with Gasteiger partial charge in [0.2, 0.25) is 0 Å². The van der Waals surface area contributed by atoms with Crippen LogP contribution in [-0.4, -0.2) is 16.1 Å². The van der Waals surface area contributed by atoms with Crippen LogP contribution in [0.15, 0.2) is 35.2 Å². The molecule has 0 aliphatic carbocycles. The van der Waals surface area contributed by atoms with E-state index in [2.05, 4.69) is 62.8 Å². The average Bonchev–Trinajstić information content (AvgIpc) is 2.95. The molecule has 3 rings (SSSR count). The van der Waals surface area contributed by atoms with Crippen molar-refractivity contribution in [2.75, 3.05) is 6.54 Å². The number of fused-ring (bicyclic) bond motifs is 1. The number of rotatable bonds is 4. The van der Waals surface area contributed by atoms with E-state index in [1.165, 1.54) is 5.56 Å². The number of aryl methyl sites for hydroxylation is 1. The first-order valence-corrected chi connectivity index (χ1v) is 8.21. The van der Waals surface area contributed by atoms with Gasteiger partial charge in [-0.15, -0.1) is 0 Å². The molecule has 0 saturated heterocycles. The Labute approximate surface area is 133 Å². The monoisotopic (exact) mass is 349 g/mol. The third-order valence-electron chi connectivity index (χ3n) is 3.94.